The molecule has 17 heavy (non-hydrogen) atoms. The summed E-state index contributed by atoms with van der Waals surface area (Å²) in [6, 6.07) is 0. The molecule has 4 unspecified atom stereocenters. The lowest BCUT2D eigenvalue weighted by Gasteiger charge is -2.28. The SMILES string of the molecule is CCC(SC(CC)C1CCCO1)C1CCCO1. The van der Waals surface area contributed by atoms with E-state index >= 15 is 0 Å². The Kier molecular flexibility index (Phi) is 5.64. The van der Waals surface area contributed by atoms with Gasteiger partial charge in [0, 0.05) is 23.7 Å². The van der Waals surface area contributed by atoms with Gasteiger partial charge >= 0.3 is 0 Å². The van der Waals surface area contributed by atoms with Crippen molar-refractivity contribution in [3.63, 3.8) is 0 Å². The molecule has 2 fully saturated rings. The zero-order chi connectivity index (χ0) is 12.1. The highest BCUT2D eigenvalue weighted by molar-refractivity contribution is 8.00. The predicted octanol–water partition coefficient (Wildman–Crippen LogP) is 3.63. The van der Waals surface area contributed by atoms with Gasteiger partial charge in [-0.25, -0.2) is 0 Å². The average Bonchev–Trinajstić information content (AvgIpc) is 3.03. The first-order chi connectivity index (χ1) is 8.35. The van der Waals surface area contributed by atoms with Gasteiger partial charge in [-0.15, -0.1) is 11.8 Å². The Balaban J connectivity index is 1.86. The van der Waals surface area contributed by atoms with E-state index in [1.807, 2.05) is 0 Å². The Bertz CT molecular complexity index is 188. The van der Waals surface area contributed by atoms with Gasteiger partial charge in [0.25, 0.3) is 0 Å². The van der Waals surface area contributed by atoms with Crippen LogP contribution >= 0.6 is 11.8 Å². The van der Waals surface area contributed by atoms with E-state index in [0.717, 1.165) is 13.2 Å². The van der Waals surface area contributed by atoms with Crippen molar-refractivity contribution in [3.8, 4) is 0 Å². The van der Waals surface area contributed by atoms with Gasteiger partial charge in [-0.2, -0.15) is 0 Å². The maximum atomic E-state index is 5.85. The zero-order valence-corrected chi connectivity index (χ0v) is 12.0. The number of rotatable bonds is 6. The van der Waals surface area contributed by atoms with Gasteiger partial charge in [0.2, 0.25) is 0 Å². The lowest BCUT2D eigenvalue weighted by Crippen LogP contribution is -2.29. The normalized spacial score (nSPS) is 32.8. The Morgan fingerprint density at radius 3 is 1.71 bits per heavy atom. The van der Waals surface area contributed by atoms with Gasteiger partial charge in [-0.05, 0) is 38.5 Å². The molecular formula is C14H26O2S. The molecule has 0 spiro atoms. The third-order valence-electron chi connectivity index (χ3n) is 3.91. The van der Waals surface area contributed by atoms with E-state index in [1.165, 1.54) is 38.5 Å². The summed E-state index contributed by atoms with van der Waals surface area (Å²) >= 11 is 2.13. The van der Waals surface area contributed by atoms with Crippen LogP contribution in [0.1, 0.15) is 52.4 Å². The van der Waals surface area contributed by atoms with Crippen molar-refractivity contribution in [2.24, 2.45) is 0 Å². The molecule has 3 heteroatoms. The van der Waals surface area contributed by atoms with E-state index < -0.39 is 0 Å². The fraction of sp³-hybridized carbons (Fsp3) is 1.00. The van der Waals surface area contributed by atoms with Crippen LogP contribution < -0.4 is 0 Å². The minimum Gasteiger partial charge on any atom is -0.377 e. The molecule has 0 aromatic carbocycles. The standard InChI is InChI=1S/C14H26O2S/c1-3-13(11-7-5-9-15-11)17-14(4-2)12-8-6-10-16-12/h11-14H,3-10H2,1-2H3. The third kappa shape index (κ3) is 3.62. The van der Waals surface area contributed by atoms with Crippen molar-refractivity contribution in [1.82, 2.24) is 0 Å². The number of thioether (sulfide) groups is 1. The first-order valence-corrected chi connectivity index (χ1v) is 8.18. The van der Waals surface area contributed by atoms with Crippen LogP contribution in [0.4, 0.5) is 0 Å². The molecule has 0 saturated carbocycles. The smallest absolute Gasteiger partial charge is 0.0694 e. The summed E-state index contributed by atoms with van der Waals surface area (Å²) < 4.78 is 11.7. The molecule has 0 aliphatic carbocycles. The molecule has 2 saturated heterocycles. The molecule has 2 nitrogen and oxygen atoms in total. The minimum absolute atomic E-state index is 0.500. The Labute approximate surface area is 110 Å². The Hall–Kier alpha value is 0.270. The molecule has 2 aliphatic rings. The summed E-state index contributed by atoms with van der Waals surface area (Å²) in [5.74, 6) is 0. The van der Waals surface area contributed by atoms with E-state index in [9.17, 15) is 0 Å². The summed E-state index contributed by atoms with van der Waals surface area (Å²) in [6.45, 7) is 6.53. The largest absolute Gasteiger partial charge is 0.377 e. The van der Waals surface area contributed by atoms with E-state index in [1.54, 1.807) is 0 Å². The summed E-state index contributed by atoms with van der Waals surface area (Å²) in [5.41, 5.74) is 0. The van der Waals surface area contributed by atoms with Gasteiger partial charge in [0.05, 0.1) is 12.2 Å². The number of hydrogen-bond donors (Lipinski definition) is 0. The van der Waals surface area contributed by atoms with E-state index in [-0.39, 0.29) is 0 Å². The molecule has 2 rings (SSSR count). The molecular weight excluding hydrogens is 232 g/mol. The van der Waals surface area contributed by atoms with Crippen LogP contribution in [0.15, 0.2) is 0 Å². The van der Waals surface area contributed by atoms with E-state index in [4.69, 9.17) is 9.47 Å². The van der Waals surface area contributed by atoms with Crippen molar-refractivity contribution in [1.29, 1.82) is 0 Å². The molecule has 0 bridgehead atoms. The highest BCUT2D eigenvalue weighted by Crippen LogP contribution is 2.35. The average molecular weight is 258 g/mol. The Morgan fingerprint density at radius 1 is 0.941 bits per heavy atom. The van der Waals surface area contributed by atoms with Crippen molar-refractivity contribution < 1.29 is 9.47 Å². The molecule has 4 atom stereocenters. The van der Waals surface area contributed by atoms with E-state index in [0.29, 0.717) is 22.7 Å². The minimum atomic E-state index is 0.500. The third-order valence-corrected chi connectivity index (χ3v) is 5.89. The second-order valence-corrected chi connectivity index (χ2v) is 6.62. The van der Waals surface area contributed by atoms with Crippen LogP contribution in [0.5, 0.6) is 0 Å². The molecule has 0 radical (unpaired) electrons. The molecule has 0 N–H and O–H groups in total. The monoisotopic (exact) mass is 258 g/mol. The van der Waals surface area contributed by atoms with Gasteiger partial charge in [0.1, 0.15) is 0 Å². The number of ether oxygens (including phenoxy) is 2. The zero-order valence-electron chi connectivity index (χ0n) is 11.2. The van der Waals surface area contributed by atoms with Gasteiger partial charge in [0.15, 0.2) is 0 Å². The van der Waals surface area contributed by atoms with Crippen LogP contribution in [0, 0.1) is 0 Å². The second-order valence-electron chi connectivity index (χ2n) is 5.13. The van der Waals surface area contributed by atoms with Crippen LogP contribution in [0.3, 0.4) is 0 Å². The fourth-order valence-corrected chi connectivity index (χ4v) is 4.52. The topological polar surface area (TPSA) is 18.5 Å². The lowest BCUT2D eigenvalue weighted by atomic mass is 10.1. The lowest BCUT2D eigenvalue weighted by molar-refractivity contribution is 0.101. The van der Waals surface area contributed by atoms with E-state index in [2.05, 4.69) is 25.6 Å². The van der Waals surface area contributed by atoms with Crippen molar-refractivity contribution in [2.75, 3.05) is 13.2 Å². The van der Waals surface area contributed by atoms with Crippen molar-refractivity contribution in [3.05, 3.63) is 0 Å². The van der Waals surface area contributed by atoms with Crippen LogP contribution in [-0.4, -0.2) is 35.9 Å². The summed E-state index contributed by atoms with van der Waals surface area (Å²) in [6.07, 6.45) is 8.45. The van der Waals surface area contributed by atoms with Crippen molar-refractivity contribution >= 4 is 11.8 Å². The van der Waals surface area contributed by atoms with Crippen molar-refractivity contribution in [2.45, 2.75) is 75.1 Å². The summed E-state index contributed by atoms with van der Waals surface area (Å²) in [4.78, 5) is 0. The quantitative estimate of drug-likeness (QED) is 0.725. The maximum absolute atomic E-state index is 5.85. The van der Waals surface area contributed by atoms with Gasteiger partial charge in [-0.1, -0.05) is 13.8 Å². The molecule has 0 aromatic rings. The van der Waals surface area contributed by atoms with Crippen LogP contribution in [0.25, 0.3) is 0 Å². The predicted molar refractivity (Wildman–Crippen MR) is 73.7 cm³/mol. The summed E-state index contributed by atoms with van der Waals surface area (Å²) in [5, 5.41) is 1.35. The molecule has 2 aliphatic heterocycles. The van der Waals surface area contributed by atoms with Gasteiger partial charge in [-0.3, -0.25) is 0 Å². The molecule has 100 valence electrons. The second kappa shape index (κ2) is 7.01. The summed E-state index contributed by atoms with van der Waals surface area (Å²) in [7, 11) is 0. The maximum Gasteiger partial charge on any atom is 0.0694 e. The van der Waals surface area contributed by atoms with Gasteiger partial charge < -0.3 is 9.47 Å². The fourth-order valence-electron chi connectivity index (χ4n) is 2.91. The Morgan fingerprint density at radius 2 is 1.41 bits per heavy atom. The molecule has 0 amide bonds. The highest BCUT2D eigenvalue weighted by atomic mass is 32.2. The first-order valence-electron chi connectivity index (χ1n) is 7.23. The molecule has 2 heterocycles. The molecule has 0 aromatic heterocycles. The van der Waals surface area contributed by atoms with Crippen LogP contribution in [-0.2, 0) is 9.47 Å². The highest BCUT2D eigenvalue weighted by Gasteiger charge is 2.31. The number of hydrogen-bond acceptors (Lipinski definition) is 3. The first kappa shape index (κ1) is 13.7. The van der Waals surface area contributed by atoms with Crippen LogP contribution in [0.2, 0.25) is 0 Å².